The average Bonchev–Trinajstić information content (AvgIpc) is 2.46. The van der Waals surface area contributed by atoms with Crippen LogP contribution in [0, 0.1) is 0 Å². The van der Waals surface area contributed by atoms with Gasteiger partial charge in [-0.1, -0.05) is 54.6 Å². The van der Waals surface area contributed by atoms with Gasteiger partial charge in [0, 0.05) is 17.5 Å². The first-order chi connectivity index (χ1) is 9.16. The first kappa shape index (κ1) is 13.2. The molecule has 2 aromatic carbocycles. The van der Waals surface area contributed by atoms with E-state index in [-0.39, 0.29) is 11.6 Å². The highest BCUT2D eigenvalue weighted by molar-refractivity contribution is 5.96. The summed E-state index contributed by atoms with van der Waals surface area (Å²) >= 11 is 0. The number of ketones is 2. The van der Waals surface area contributed by atoms with Gasteiger partial charge in [0.15, 0.2) is 11.6 Å². The molecule has 0 spiro atoms. The fourth-order valence-electron chi connectivity index (χ4n) is 1.93. The molecule has 0 aliphatic rings. The van der Waals surface area contributed by atoms with Gasteiger partial charge in [-0.05, 0) is 18.9 Å². The van der Waals surface area contributed by atoms with Crippen molar-refractivity contribution in [3.8, 4) is 0 Å². The summed E-state index contributed by atoms with van der Waals surface area (Å²) in [6, 6.07) is 16.8. The quantitative estimate of drug-likeness (QED) is 0.760. The van der Waals surface area contributed by atoms with Gasteiger partial charge < -0.3 is 0 Å². The topological polar surface area (TPSA) is 34.1 Å². The van der Waals surface area contributed by atoms with Gasteiger partial charge in [-0.2, -0.15) is 0 Å². The predicted octanol–water partition coefficient (Wildman–Crippen LogP) is 3.70. The van der Waals surface area contributed by atoms with Crippen LogP contribution in [0.1, 0.15) is 39.6 Å². The molecule has 0 N–H and O–H groups in total. The van der Waals surface area contributed by atoms with E-state index < -0.39 is 0 Å². The van der Waals surface area contributed by atoms with E-state index in [9.17, 15) is 9.59 Å². The van der Waals surface area contributed by atoms with Crippen LogP contribution in [0.15, 0.2) is 54.6 Å². The highest BCUT2D eigenvalue weighted by atomic mass is 16.1. The molecule has 0 aliphatic heterocycles. The second kappa shape index (κ2) is 6.10. The number of aryl methyl sites for hydroxylation is 1. The zero-order chi connectivity index (χ0) is 13.7. The van der Waals surface area contributed by atoms with E-state index in [0.717, 1.165) is 11.1 Å². The van der Waals surface area contributed by atoms with Crippen LogP contribution in [0.5, 0.6) is 0 Å². The number of hydrogen-bond acceptors (Lipinski definition) is 2. The number of Topliss-reactive ketones (excluding diaryl/α,β-unsaturated/α-hetero) is 2. The SMILES string of the molecule is CC(=O)c1ccc(CCC(=O)c2ccccc2)cc1. The van der Waals surface area contributed by atoms with Crippen molar-refractivity contribution in [1.82, 2.24) is 0 Å². The molecule has 0 bridgehead atoms. The van der Waals surface area contributed by atoms with Gasteiger partial charge in [0.1, 0.15) is 0 Å². The fourth-order valence-corrected chi connectivity index (χ4v) is 1.93. The van der Waals surface area contributed by atoms with E-state index in [1.54, 1.807) is 6.92 Å². The van der Waals surface area contributed by atoms with E-state index in [2.05, 4.69) is 0 Å². The minimum atomic E-state index is 0.0620. The van der Waals surface area contributed by atoms with Crippen LogP contribution in [0.3, 0.4) is 0 Å². The largest absolute Gasteiger partial charge is 0.295 e. The van der Waals surface area contributed by atoms with Crippen molar-refractivity contribution < 1.29 is 9.59 Å². The molecule has 2 rings (SSSR count). The number of benzene rings is 2. The summed E-state index contributed by atoms with van der Waals surface area (Å²) in [7, 11) is 0. The molecule has 0 saturated carbocycles. The Morgan fingerprint density at radius 1 is 0.842 bits per heavy atom. The second-order valence-electron chi connectivity index (χ2n) is 4.54. The molecule has 19 heavy (non-hydrogen) atoms. The summed E-state index contributed by atoms with van der Waals surface area (Å²) in [5, 5.41) is 0. The van der Waals surface area contributed by atoms with Gasteiger partial charge >= 0.3 is 0 Å². The van der Waals surface area contributed by atoms with E-state index >= 15 is 0 Å². The maximum Gasteiger partial charge on any atom is 0.163 e. The molecule has 2 aromatic rings. The second-order valence-corrected chi connectivity index (χ2v) is 4.54. The van der Waals surface area contributed by atoms with Crippen molar-refractivity contribution in [1.29, 1.82) is 0 Å². The van der Waals surface area contributed by atoms with E-state index in [4.69, 9.17) is 0 Å². The van der Waals surface area contributed by atoms with Gasteiger partial charge in [-0.15, -0.1) is 0 Å². The van der Waals surface area contributed by atoms with Gasteiger partial charge in [0.25, 0.3) is 0 Å². The molecule has 2 nitrogen and oxygen atoms in total. The summed E-state index contributed by atoms with van der Waals surface area (Å²) in [6.45, 7) is 1.55. The Kier molecular flexibility index (Phi) is 4.24. The van der Waals surface area contributed by atoms with Crippen LogP contribution >= 0.6 is 0 Å². The molecule has 0 unspecified atom stereocenters. The smallest absolute Gasteiger partial charge is 0.163 e. The molecule has 0 amide bonds. The number of carbonyl (C=O) groups is 2. The van der Waals surface area contributed by atoms with Gasteiger partial charge in [0.05, 0.1) is 0 Å². The highest BCUT2D eigenvalue weighted by Gasteiger charge is 2.05. The third-order valence-electron chi connectivity index (χ3n) is 3.10. The summed E-state index contributed by atoms with van der Waals surface area (Å²) in [4.78, 5) is 23.1. The summed E-state index contributed by atoms with van der Waals surface area (Å²) < 4.78 is 0. The Hall–Kier alpha value is -2.22. The molecule has 0 fully saturated rings. The molecular formula is C17H16O2. The molecule has 0 aliphatic carbocycles. The van der Waals surface area contributed by atoms with Gasteiger partial charge in [0.2, 0.25) is 0 Å². The third kappa shape index (κ3) is 3.62. The molecule has 0 atom stereocenters. The number of carbonyl (C=O) groups excluding carboxylic acids is 2. The lowest BCUT2D eigenvalue weighted by molar-refractivity contribution is 0.0980. The minimum absolute atomic E-state index is 0.0620. The van der Waals surface area contributed by atoms with Crippen LogP contribution in [0.4, 0.5) is 0 Å². The van der Waals surface area contributed by atoms with Crippen molar-refractivity contribution in [2.45, 2.75) is 19.8 Å². The lowest BCUT2D eigenvalue weighted by Crippen LogP contribution is -2.01. The van der Waals surface area contributed by atoms with Crippen LogP contribution in [-0.2, 0) is 6.42 Å². The number of rotatable bonds is 5. The maximum atomic E-state index is 11.9. The molecular weight excluding hydrogens is 236 g/mol. The van der Waals surface area contributed by atoms with Crippen molar-refractivity contribution in [2.24, 2.45) is 0 Å². The van der Waals surface area contributed by atoms with Crippen molar-refractivity contribution in [3.63, 3.8) is 0 Å². The average molecular weight is 252 g/mol. The lowest BCUT2D eigenvalue weighted by atomic mass is 10.0. The van der Waals surface area contributed by atoms with Crippen LogP contribution in [0.25, 0.3) is 0 Å². The van der Waals surface area contributed by atoms with E-state index in [0.29, 0.717) is 18.4 Å². The normalized spacial score (nSPS) is 10.2. The van der Waals surface area contributed by atoms with Crippen molar-refractivity contribution in [3.05, 3.63) is 71.3 Å². The number of hydrogen-bond donors (Lipinski definition) is 0. The van der Waals surface area contributed by atoms with Crippen LogP contribution in [-0.4, -0.2) is 11.6 Å². The Balaban J connectivity index is 1.95. The van der Waals surface area contributed by atoms with E-state index in [1.165, 1.54) is 0 Å². The van der Waals surface area contributed by atoms with Crippen molar-refractivity contribution >= 4 is 11.6 Å². The Morgan fingerprint density at radius 3 is 2.05 bits per heavy atom. The summed E-state index contributed by atoms with van der Waals surface area (Å²) in [5.74, 6) is 0.211. The first-order valence-corrected chi connectivity index (χ1v) is 6.35. The first-order valence-electron chi connectivity index (χ1n) is 6.35. The van der Waals surface area contributed by atoms with Crippen molar-refractivity contribution in [2.75, 3.05) is 0 Å². The Labute approximate surface area is 113 Å². The lowest BCUT2D eigenvalue weighted by Gasteiger charge is -2.03. The van der Waals surface area contributed by atoms with Crippen LogP contribution in [0.2, 0.25) is 0 Å². The van der Waals surface area contributed by atoms with Crippen LogP contribution < -0.4 is 0 Å². The summed E-state index contributed by atoms with van der Waals surface area (Å²) in [5.41, 5.74) is 2.54. The molecule has 2 heteroatoms. The monoisotopic (exact) mass is 252 g/mol. The molecule has 0 saturated heterocycles. The standard InChI is InChI=1S/C17H16O2/c1-13(18)15-10-7-14(8-11-15)9-12-17(19)16-5-3-2-4-6-16/h2-8,10-11H,9,12H2,1H3. The van der Waals surface area contributed by atoms with Gasteiger partial charge in [-0.25, -0.2) is 0 Å². The van der Waals surface area contributed by atoms with Gasteiger partial charge in [-0.3, -0.25) is 9.59 Å². The van der Waals surface area contributed by atoms with E-state index in [1.807, 2.05) is 54.6 Å². The predicted molar refractivity (Wildman–Crippen MR) is 75.5 cm³/mol. The molecule has 96 valence electrons. The molecule has 0 heterocycles. The molecule has 0 radical (unpaired) electrons. The Bertz CT molecular complexity index is 568. The molecule has 0 aromatic heterocycles. The minimum Gasteiger partial charge on any atom is -0.295 e. The zero-order valence-corrected chi connectivity index (χ0v) is 10.9. The highest BCUT2D eigenvalue weighted by Crippen LogP contribution is 2.10. The summed E-state index contributed by atoms with van der Waals surface area (Å²) in [6.07, 6.45) is 1.19. The maximum absolute atomic E-state index is 11.9. The Morgan fingerprint density at radius 2 is 1.47 bits per heavy atom. The third-order valence-corrected chi connectivity index (χ3v) is 3.10. The fraction of sp³-hybridized carbons (Fsp3) is 0.176. The zero-order valence-electron chi connectivity index (χ0n) is 10.9.